The summed E-state index contributed by atoms with van der Waals surface area (Å²) in [4.78, 5) is 26.8. The van der Waals surface area contributed by atoms with Gasteiger partial charge in [0.25, 0.3) is 5.56 Å². The van der Waals surface area contributed by atoms with Crippen molar-refractivity contribution in [1.82, 2.24) is 14.6 Å². The first-order valence-corrected chi connectivity index (χ1v) is 5.37. The summed E-state index contributed by atoms with van der Waals surface area (Å²) >= 11 is 1.23. The number of carbonyl (C=O) groups excluding carboxylic acids is 1. The Morgan fingerprint density at radius 2 is 2.38 bits per heavy atom. The van der Waals surface area contributed by atoms with Crippen LogP contribution in [-0.4, -0.2) is 20.6 Å². The minimum Gasteiger partial charge on any atom is -0.458 e. The predicted octanol–water partition coefficient (Wildman–Crippen LogP) is 0.523. The first kappa shape index (κ1) is 10.7. The van der Waals surface area contributed by atoms with Crippen LogP contribution in [0, 0.1) is 6.92 Å². The number of hydrogen-bond donors (Lipinski definition) is 0. The first-order chi connectivity index (χ1) is 7.56. The van der Waals surface area contributed by atoms with E-state index in [-0.39, 0.29) is 18.1 Å². The van der Waals surface area contributed by atoms with Gasteiger partial charge in [0, 0.05) is 18.7 Å². The lowest BCUT2D eigenvalue weighted by Crippen LogP contribution is -2.14. The molecule has 16 heavy (non-hydrogen) atoms. The third-order valence-electron chi connectivity index (χ3n) is 1.81. The van der Waals surface area contributed by atoms with Crippen molar-refractivity contribution in [2.24, 2.45) is 0 Å². The summed E-state index contributed by atoms with van der Waals surface area (Å²) in [7, 11) is 0. The quantitative estimate of drug-likeness (QED) is 0.714. The number of carbonyl (C=O) groups is 1. The fourth-order valence-corrected chi connectivity index (χ4v) is 2.04. The molecule has 0 aliphatic heterocycles. The van der Waals surface area contributed by atoms with Gasteiger partial charge in [-0.2, -0.15) is 9.61 Å². The second kappa shape index (κ2) is 4.01. The molecule has 0 radical (unpaired) electrons. The van der Waals surface area contributed by atoms with E-state index in [2.05, 4.69) is 10.1 Å². The molecule has 84 valence electrons. The monoisotopic (exact) mass is 239 g/mol. The third-order valence-corrected chi connectivity index (χ3v) is 2.70. The maximum Gasteiger partial charge on any atom is 0.303 e. The number of fused-ring (bicyclic) bond motifs is 1. The molecule has 0 saturated carbocycles. The second-order valence-corrected chi connectivity index (χ2v) is 4.25. The largest absolute Gasteiger partial charge is 0.458 e. The zero-order valence-electron chi connectivity index (χ0n) is 8.76. The van der Waals surface area contributed by atoms with E-state index in [9.17, 15) is 9.59 Å². The van der Waals surface area contributed by atoms with Crippen LogP contribution in [-0.2, 0) is 16.1 Å². The maximum atomic E-state index is 11.5. The molecular weight excluding hydrogens is 230 g/mol. The summed E-state index contributed by atoms with van der Waals surface area (Å²) in [5, 5.41) is 4.55. The molecule has 2 aromatic heterocycles. The number of esters is 1. The normalized spacial score (nSPS) is 10.6. The number of ether oxygens (including phenoxy) is 1. The Kier molecular flexibility index (Phi) is 2.69. The Morgan fingerprint density at radius 3 is 3.06 bits per heavy atom. The SMILES string of the molecule is CC(=O)OCc1nn2c(=O)cc(C)nc2s1. The van der Waals surface area contributed by atoms with Gasteiger partial charge in [0.15, 0.2) is 5.01 Å². The zero-order valence-corrected chi connectivity index (χ0v) is 9.58. The molecule has 0 amide bonds. The van der Waals surface area contributed by atoms with Gasteiger partial charge in [-0.3, -0.25) is 9.59 Å². The van der Waals surface area contributed by atoms with Crippen molar-refractivity contribution in [3.05, 3.63) is 27.1 Å². The molecule has 2 aromatic rings. The van der Waals surface area contributed by atoms with Crippen LogP contribution in [0.3, 0.4) is 0 Å². The smallest absolute Gasteiger partial charge is 0.303 e. The van der Waals surface area contributed by atoms with Gasteiger partial charge in [0.05, 0.1) is 0 Å². The van der Waals surface area contributed by atoms with Gasteiger partial charge >= 0.3 is 5.97 Å². The molecule has 0 spiro atoms. The molecule has 2 heterocycles. The molecule has 0 N–H and O–H groups in total. The Balaban J connectivity index is 2.40. The van der Waals surface area contributed by atoms with Crippen molar-refractivity contribution in [3.8, 4) is 0 Å². The van der Waals surface area contributed by atoms with Crippen LogP contribution in [0.2, 0.25) is 0 Å². The van der Waals surface area contributed by atoms with Crippen molar-refractivity contribution in [2.45, 2.75) is 20.5 Å². The van der Waals surface area contributed by atoms with E-state index < -0.39 is 0 Å². The van der Waals surface area contributed by atoms with E-state index in [1.807, 2.05) is 0 Å². The Bertz CT molecular complexity index is 602. The molecule has 0 bridgehead atoms. The molecule has 0 aliphatic carbocycles. The van der Waals surface area contributed by atoms with Crippen molar-refractivity contribution in [3.63, 3.8) is 0 Å². The van der Waals surface area contributed by atoms with E-state index in [1.54, 1.807) is 6.92 Å². The predicted molar refractivity (Wildman–Crippen MR) is 57.3 cm³/mol. The first-order valence-electron chi connectivity index (χ1n) is 4.56. The third kappa shape index (κ3) is 2.08. The zero-order chi connectivity index (χ0) is 11.7. The molecule has 0 aromatic carbocycles. The van der Waals surface area contributed by atoms with Gasteiger partial charge in [0.2, 0.25) is 4.96 Å². The van der Waals surface area contributed by atoms with E-state index in [4.69, 9.17) is 4.74 Å². The van der Waals surface area contributed by atoms with Crippen molar-refractivity contribution < 1.29 is 9.53 Å². The summed E-state index contributed by atoms with van der Waals surface area (Å²) in [6, 6.07) is 1.41. The number of hydrogen-bond acceptors (Lipinski definition) is 6. The molecule has 0 aliphatic rings. The highest BCUT2D eigenvalue weighted by atomic mass is 32.1. The Hall–Kier alpha value is -1.76. The van der Waals surface area contributed by atoms with Crippen molar-refractivity contribution in [1.29, 1.82) is 0 Å². The van der Waals surface area contributed by atoms with E-state index in [0.717, 1.165) is 0 Å². The standard InChI is InChI=1S/C9H9N3O3S/c1-5-3-8(14)12-9(10-5)16-7(11-12)4-15-6(2)13/h3H,4H2,1-2H3. The average molecular weight is 239 g/mol. The van der Waals surface area contributed by atoms with Crippen LogP contribution < -0.4 is 5.56 Å². The van der Waals surface area contributed by atoms with Gasteiger partial charge in [-0.25, -0.2) is 4.98 Å². The molecule has 2 rings (SSSR count). The molecule has 0 fully saturated rings. The molecule has 0 unspecified atom stereocenters. The Labute approximate surface area is 94.5 Å². The molecule has 7 heteroatoms. The summed E-state index contributed by atoms with van der Waals surface area (Å²) in [6.07, 6.45) is 0. The van der Waals surface area contributed by atoms with E-state index >= 15 is 0 Å². The van der Waals surface area contributed by atoms with Gasteiger partial charge in [0.1, 0.15) is 6.61 Å². The second-order valence-electron chi connectivity index (χ2n) is 3.21. The fourth-order valence-electron chi connectivity index (χ4n) is 1.18. The molecule has 0 saturated heterocycles. The van der Waals surface area contributed by atoms with Gasteiger partial charge in [-0.15, -0.1) is 0 Å². The maximum absolute atomic E-state index is 11.5. The molecule has 0 atom stereocenters. The summed E-state index contributed by atoms with van der Waals surface area (Å²) in [6.45, 7) is 3.14. The van der Waals surface area contributed by atoms with Gasteiger partial charge in [-0.05, 0) is 6.92 Å². The summed E-state index contributed by atoms with van der Waals surface area (Å²) in [5.41, 5.74) is 0.417. The Morgan fingerprint density at radius 1 is 1.62 bits per heavy atom. The van der Waals surface area contributed by atoms with Crippen molar-refractivity contribution >= 4 is 22.3 Å². The lowest BCUT2D eigenvalue weighted by molar-refractivity contribution is -0.142. The summed E-state index contributed by atoms with van der Waals surface area (Å²) < 4.78 is 6.00. The number of aryl methyl sites for hydroxylation is 1. The van der Waals surface area contributed by atoms with Gasteiger partial charge in [-0.1, -0.05) is 11.3 Å². The fraction of sp³-hybridized carbons (Fsp3) is 0.333. The number of nitrogens with zero attached hydrogens (tertiary/aromatic N) is 3. The number of aromatic nitrogens is 3. The van der Waals surface area contributed by atoms with Crippen LogP contribution in [0.15, 0.2) is 10.9 Å². The van der Waals surface area contributed by atoms with Crippen molar-refractivity contribution in [2.75, 3.05) is 0 Å². The minimum atomic E-state index is -0.379. The average Bonchev–Trinajstić information content (AvgIpc) is 2.57. The highest BCUT2D eigenvalue weighted by Gasteiger charge is 2.08. The highest BCUT2D eigenvalue weighted by Crippen LogP contribution is 2.12. The minimum absolute atomic E-state index is 0.0713. The lowest BCUT2D eigenvalue weighted by atomic mass is 10.5. The topological polar surface area (TPSA) is 73.6 Å². The lowest BCUT2D eigenvalue weighted by Gasteiger charge is -1.94. The van der Waals surface area contributed by atoms with Crippen LogP contribution in [0.4, 0.5) is 0 Å². The van der Waals surface area contributed by atoms with Gasteiger partial charge < -0.3 is 4.74 Å². The van der Waals surface area contributed by atoms with Crippen LogP contribution in [0.1, 0.15) is 17.6 Å². The number of rotatable bonds is 2. The summed E-state index contributed by atoms with van der Waals surface area (Å²) in [5.74, 6) is -0.379. The van der Waals surface area contributed by atoms with Crippen LogP contribution >= 0.6 is 11.3 Å². The highest BCUT2D eigenvalue weighted by molar-refractivity contribution is 7.16. The molecular formula is C9H9N3O3S. The molecule has 6 nitrogen and oxygen atoms in total. The van der Waals surface area contributed by atoms with Crippen LogP contribution in [0.25, 0.3) is 4.96 Å². The van der Waals surface area contributed by atoms with E-state index in [0.29, 0.717) is 15.7 Å². The van der Waals surface area contributed by atoms with E-state index in [1.165, 1.54) is 28.8 Å². The van der Waals surface area contributed by atoms with Crippen LogP contribution in [0.5, 0.6) is 0 Å².